The molecular weight excluding hydrogens is 232 g/mol. The van der Waals surface area contributed by atoms with Gasteiger partial charge >= 0.3 is 0 Å². The minimum Gasteiger partial charge on any atom is -0.298 e. The molecule has 4 unspecified atom stereocenters. The Balaban J connectivity index is 1.96. The molecule has 4 aliphatic carbocycles. The molecule has 1 heteroatoms. The van der Waals surface area contributed by atoms with Gasteiger partial charge in [-0.05, 0) is 25.0 Å². The van der Waals surface area contributed by atoms with Gasteiger partial charge in [0.25, 0.3) is 0 Å². The van der Waals surface area contributed by atoms with Crippen LogP contribution in [0.1, 0.15) is 27.7 Å². The van der Waals surface area contributed by atoms with E-state index in [-0.39, 0.29) is 11.7 Å². The van der Waals surface area contributed by atoms with Crippen LogP contribution in [0.5, 0.6) is 0 Å². The second-order valence-electron chi connectivity index (χ2n) is 6.44. The van der Waals surface area contributed by atoms with Gasteiger partial charge in [-0.3, -0.25) is 4.79 Å². The molecule has 4 aliphatic rings. The third-order valence-corrected chi connectivity index (χ3v) is 5.22. The van der Waals surface area contributed by atoms with Gasteiger partial charge in [0.05, 0.1) is 5.41 Å². The van der Waals surface area contributed by atoms with Crippen molar-refractivity contribution in [3.05, 3.63) is 53.1 Å². The molecule has 0 N–H and O–H groups in total. The lowest BCUT2D eigenvalue weighted by Gasteiger charge is -2.33. The number of rotatable bonds is 1. The van der Waals surface area contributed by atoms with E-state index in [1.165, 1.54) is 5.57 Å². The first-order chi connectivity index (χ1) is 9.36. The van der Waals surface area contributed by atoms with Crippen molar-refractivity contribution in [3.8, 4) is 0 Å². The third kappa shape index (κ3) is 1.10. The smallest absolute Gasteiger partial charge is 0.153 e. The molecule has 2 saturated carbocycles. The standard InChI is InChI=1S/C18H18O/c1-11-10-17(2)13(9-12-7-5-4-6-8-12)15-14(11)18(15,3)16(17)19/h4-10,14-15H,1-3H3/b13-9+/i15D. The number of carbonyl (C=O) groups is 1. The van der Waals surface area contributed by atoms with E-state index >= 15 is 0 Å². The van der Waals surface area contributed by atoms with Crippen LogP contribution in [0.15, 0.2) is 47.6 Å². The van der Waals surface area contributed by atoms with Crippen molar-refractivity contribution >= 4 is 11.9 Å². The average Bonchev–Trinajstić information content (AvgIpc) is 2.91. The third-order valence-electron chi connectivity index (χ3n) is 5.22. The van der Waals surface area contributed by atoms with E-state index in [0.29, 0.717) is 0 Å². The van der Waals surface area contributed by atoms with Crippen molar-refractivity contribution in [2.24, 2.45) is 22.6 Å². The van der Waals surface area contributed by atoms with Crippen LogP contribution in [0.25, 0.3) is 6.08 Å². The van der Waals surface area contributed by atoms with E-state index in [1.807, 2.05) is 44.2 Å². The molecule has 1 aromatic carbocycles. The van der Waals surface area contributed by atoms with Crippen LogP contribution in [0, 0.1) is 22.6 Å². The van der Waals surface area contributed by atoms with E-state index < -0.39 is 16.7 Å². The van der Waals surface area contributed by atoms with Crippen molar-refractivity contribution in [1.82, 2.24) is 0 Å². The Kier molecular flexibility index (Phi) is 1.66. The van der Waals surface area contributed by atoms with Crippen molar-refractivity contribution in [1.29, 1.82) is 0 Å². The lowest BCUT2D eigenvalue weighted by Crippen LogP contribution is -2.34. The first-order valence-corrected chi connectivity index (χ1v) is 6.89. The maximum absolute atomic E-state index is 12.8. The van der Waals surface area contributed by atoms with E-state index in [9.17, 15) is 4.79 Å². The molecule has 0 spiro atoms. The summed E-state index contributed by atoms with van der Waals surface area (Å²) in [7, 11) is 0. The molecule has 0 heterocycles. The molecule has 96 valence electrons. The largest absolute Gasteiger partial charge is 0.298 e. The van der Waals surface area contributed by atoms with Crippen LogP contribution in [-0.2, 0) is 4.79 Å². The quantitative estimate of drug-likeness (QED) is 0.692. The summed E-state index contributed by atoms with van der Waals surface area (Å²) >= 11 is 0. The SMILES string of the molecule is [2H]C12/C(=C\c3ccccc3)C3(C)C=C(C)C1C2(C)C3=O. The second-order valence-corrected chi connectivity index (χ2v) is 6.44. The van der Waals surface area contributed by atoms with Crippen LogP contribution in [-0.4, -0.2) is 5.78 Å². The molecule has 2 fully saturated rings. The number of benzene rings is 1. The van der Waals surface area contributed by atoms with Gasteiger partial charge in [0.2, 0.25) is 0 Å². The number of hydrogen-bond donors (Lipinski definition) is 0. The van der Waals surface area contributed by atoms with Crippen LogP contribution in [0.3, 0.4) is 0 Å². The zero-order valence-corrected chi connectivity index (χ0v) is 11.5. The fraction of sp³-hybridized carbons (Fsp3) is 0.389. The van der Waals surface area contributed by atoms with Gasteiger partial charge in [0.15, 0.2) is 5.78 Å². The summed E-state index contributed by atoms with van der Waals surface area (Å²) < 4.78 is 8.91. The second kappa shape index (κ2) is 3.09. The summed E-state index contributed by atoms with van der Waals surface area (Å²) in [5.41, 5.74) is 2.21. The molecule has 0 aliphatic heterocycles. The highest BCUT2D eigenvalue weighted by Gasteiger charge is 2.79. The van der Waals surface area contributed by atoms with E-state index in [1.54, 1.807) is 0 Å². The zero-order chi connectivity index (χ0) is 14.3. The van der Waals surface area contributed by atoms with Gasteiger partial charge in [0, 0.05) is 18.6 Å². The summed E-state index contributed by atoms with van der Waals surface area (Å²) in [6, 6.07) is 10.0. The van der Waals surface area contributed by atoms with E-state index in [4.69, 9.17) is 1.37 Å². The number of carbonyl (C=O) groups excluding carboxylic acids is 1. The molecule has 0 amide bonds. The van der Waals surface area contributed by atoms with Gasteiger partial charge < -0.3 is 0 Å². The molecular formula is C18H18O. The number of Topliss-reactive ketones (excluding diaryl/α,β-unsaturated/α-hetero) is 1. The average molecular weight is 251 g/mol. The molecule has 0 radical (unpaired) electrons. The molecule has 4 atom stereocenters. The van der Waals surface area contributed by atoms with Gasteiger partial charge in [-0.2, -0.15) is 0 Å². The maximum atomic E-state index is 12.8. The van der Waals surface area contributed by atoms with Crippen molar-refractivity contribution in [3.63, 3.8) is 0 Å². The highest BCUT2D eigenvalue weighted by atomic mass is 16.1. The van der Waals surface area contributed by atoms with Crippen molar-refractivity contribution < 1.29 is 6.17 Å². The lowest BCUT2D eigenvalue weighted by molar-refractivity contribution is -0.128. The number of ketones is 1. The summed E-state index contributed by atoms with van der Waals surface area (Å²) in [4.78, 5) is 12.8. The fourth-order valence-corrected chi connectivity index (χ4v) is 4.38. The molecule has 0 saturated heterocycles. The van der Waals surface area contributed by atoms with Crippen LogP contribution < -0.4 is 0 Å². The zero-order valence-electron chi connectivity index (χ0n) is 12.5. The molecule has 1 nitrogen and oxygen atoms in total. The van der Waals surface area contributed by atoms with E-state index in [2.05, 4.69) is 19.1 Å². The normalized spacial score (nSPS) is 49.1. The summed E-state index contributed by atoms with van der Waals surface area (Å²) in [6.07, 6.45) is 4.16. The Bertz CT molecular complexity index is 701. The Morgan fingerprint density at radius 2 is 1.95 bits per heavy atom. The van der Waals surface area contributed by atoms with Crippen molar-refractivity contribution in [2.45, 2.75) is 20.8 Å². The Labute approximate surface area is 115 Å². The molecule has 1 aromatic rings. The van der Waals surface area contributed by atoms with Crippen LogP contribution in [0.4, 0.5) is 0 Å². The maximum Gasteiger partial charge on any atom is 0.153 e. The first-order valence-electron chi connectivity index (χ1n) is 7.39. The van der Waals surface area contributed by atoms with E-state index in [0.717, 1.165) is 11.1 Å². The van der Waals surface area contributed by atoms with Crippen LogP contribution >= 0.6 is 0 Å². The monoisotopic (exact) mass is 251 g/mol. The van der Waals surface area contributed by atoms with Gasteiger partial charge in [0.1, 0.15) is 0 Å². The Hall–Kier alpha value is -1.63. The predicted molar refractivity (Wildman–Crippen MR) is 76.4 cm³/mol. The molecule has 19 heavy (non-hydrogen) atoms. The first kappa shape index (κ1) is 10.2. The Morgan fingerprint density at radius 3 is 2.58 bits per heavy atom. The number of allylic oxidation sites excluding steroid dienone is 3. The highest BCUT2D eigenvalue weighted by Crippen LogP contribution is 2.78. The minimum atomic E-state index is -0.715. The summed E-state index contributed by atoms with van der Waals surface area (Å²) in [6.45, 7) is 6.04. The van der Waals surface area contributed by atoms with Gasteiger partial charge in [-0.15, -0.1) is 0 Å². The molecule has 0 aromatic heterocycles. The molecule has 4 bridgehead atoms. The topological polar surface area (TPSA) is 17.1 Å². The number of hydrogen-bond acceptors (Lipinski definition) is 1. The predicted octanol–water partition coefficient (Wildman–Crippen LogP) is 3.87. The van der Waals surface area contributed by atoms with Crippen LogP contribution in [0.2, 0.25) is 0 Å². The van der Waals surface area contributed by atoms with Gasteiger partial charge in [-0.1, -0.05) is 55.0 Å². The highest BCUT2D eigenvalue weighted by molar-refractivity contribution is 6.06. The summed E-state index contributed by atoms with van der Waals surface area (Å²) in [5.74, 6) is -0.398. The fourth-order valence-electron chi connectivity index (χ4n) is 4.38. The summed E-state index contributed by atoms with van der Waals surface area (Å²) in [5, 5.41) is 0. The lowest BCUT2D eigenvalue weighted by atomic mass is 9.69. The Morgan fingerprint density at radius 1 is 1.26 bits per heavy atom. The van der Waals surface area contributed by atoms with Gasteiger partial charge in [-0.25, -0.2) is 0 Å². The molecule has 5 rings (SSSR count). The van der Waals surface area contributed by atoms with Crippen molar-refractivity contribution in [2.75, 3.05) is 0 Å². The minimum absolute atomic E-state index is 0.0827.